The van der Waals surface area contributed by atoms with Gasteiger partial charge >= 0.3 is 0 Å². The quantitative estimate of drug-likeness (QED) is 0.793. The number of rotatable bonds is 2. The molecule has 0 N–H and O–H groups in total. The van der Waals surface area contributed by atoms with Gasteiger partial charge in [0.25, 0.3) is 5.91 Å². The normalized spacial score (nSPS) is 22.9. The van der Waals surface area contributed by atoms with Crippen molar-refractivity contribution in [3.8, 4) is 0 Å². The van der Waals surface area contributed by atoms with Gasteiger partial charge in [-0.25, -0.2) is 0 Å². The van der Waals surface area contributed by atoms with E-state index in [1.807, 2.05) is 47.5 Å². The van der Waals surface area contributed by atoms with Crippen molar-refractivity contribution in [3.05, 3.63) is 60.3 Å². The zero-order valence-corrected chi connectivity index (χ0v) is 10.2. The van der Waals surface area contributed by atoms with Crippen LogP contribution in [0.4, 0.5) is 0 Å². The lowest BCUT2D eigenvalue weighted by Crippen LogP contribution is -2.38. The second kappa shape index (κ2) is 4.26. The van der Waals surface area contributed by atoms with E-state index in [1.54, 1.807) is 0 Å². The fraction of sp³-hybridized carbons (Fsp3) is 0.200. The Bertz CT molecular complexity index is 557. The van der Waals surface area contributed by atoms with Crippen molar-refractivity contribution >= 4 is 11.7 Å². The van der Waals surface area contributed by atoms with Crippen LogP contribution in [0.25, 0.3) is 0 Å². The summed E-state index contributed by atoms with van der Waals surface area (Å²) in [5.41, 5.74) is 1.16. The summed E-state index contributed by atoms with van der Waals surface area (Å²) >= 11 is 0. The van der Waals surface area contributed by atoms with Crippen LogP contribution in [0.15, 0.2) is 59.8 Å². The number of aliphatic imine (C=N–C) groups is 1. The summed E-state index contributed by atoms with van der Waals surface area (Å²) in [7, 11) is 0. The predicted octanol–water partition coefficient (Wildman–Crippen LogP) is 2.48. The molecule has 18 heavy (non-hydrogen) atoms. The second-order valence-electron chi connectivity index (χ2n) is 4.56. The van der Waals surface area contributed by atoms with Gasteiger partial charge in [-0.1, -0.05) is 43.3 Å². The average Bonchev–Trinajstić information content (AvgIpc) is 2.75. The molecule has 0 bridgehead atoms. The highest BCUT2D eigenvalue weighted by Gasteiger charge is 2.37. The molecular formula is C15H14N2O. The molecule has 0 saturated heterocycles. The van der Waals surface area contributed by atoms with E-state index >= 15 is 0 Å². The summed E-state index contributed by atoms with van der Waals surface area (Å²) in [6.45, 7) is 2.07. The summed E-state index contributed by atoms with van der Waals surface area (Å²) in [6.07, 6.45) is 7.63. The summed E-state index contributed by atoms with van der Waals surface area (Å²) in [5, 5.41) is 0. The standard InChI is InChI=1S/C15H14N2O/c1-11(12-7-3-2-4-8-12)14-15(18)16-13-9-5-6-10-17(13)14/h2-11,14H,1H3. The summed E-state index contributed by atoms with van der Waals surface area (Å²) in [6, 6.07) is 9.87. The fourth-order valence-electron chi connectivity index (χ4n) is 2.47. The molecule has 1 aromatic rings. The van der Waals surface area contributed by atoms with E-state index in [1.165, 1.54) is 0 Å². The van der Waals surface area contributed by atoms with Gasteiger partial charge in [0.15, 0.2) is 0 Å². The first-order valence-corrected chi connectivity index (χ1v) is 6.08. The number of nitrogens with zero attached hydrogens (tertiary/aromatic N) is 2. The highest BCUT2D eigenvalue weighted by Crippen LogP contribution is 2.29. The topological polar surface area (TPSA) is 32.7 Å². The first kappa shape index (κ1) is 11.0. The van der Waals surface area contributed by atoms with Crippen LogP contribution >= 0.6 is 0 Å². The van der Waals surface area contributed by atoms with Crippen LogP contribution in [0.3, 0.4) is 0 Å². The third-order valence-corrected chi connectivity index (χ3v) is 3.44. The number of amidine groups is 1. The molecule has 0 aliphatic carbocycles. The number of amides is 1. The number of allylic oxidation sites excluding steroid dienone is 2. The van der Waals surface area contributed by atoms with Gasteiger partial charge in [-0.15, -0.1) is 0 Å². The number of hydrogen-bond acceptors (Lipinski definition) is 2. The van der Waals surface area contributed by atoms with Crippen molar-refractivity contribution in [3.63, 3.8) is 0 Å². The van der Waals surface area contributed by atoms with Crippen LogP contribution in [0.5, 0.6) is 0 Å². The van der Waals surface area contributed by atoms with Crippen LogP contribution in [-0.4, -0.2) is 22.7 Å². The van der Waals surface area contributed by atoms with E-state index in [9.17, 15) is 4.79 Å². The zero-order valence-electron chi connectivity index (χ0n) is 10.2. The smallest absolute Gasteiger partial charge is 0.271 e. The molecule has 2 aliphatic heterocycles. The summed E-state index contributed by atoms with van der Waals surface area (Å²) in [4.78, 5) is 18.1. The first-order chi connectivity index (χ1) is 8.77. The number of hydrogen-bond donors (Lipinski definition) is 0. The van der Waals surface area contributed by atoms with Gasteiger partial charge in [0.1, 0.15) is 11.9 Å². The Balaban J connectivity index is 1.92. The minimum Gasteiger partial charge on any atom is -0.320 e. The molecular weight excluding hydrogens is 224 g/mol. The minimum absolute atomic E-state index is 0.0578. The highest BCUT2D eigenvalue weighted by atomic mass is 16.2. The van der Waals surface area contributed by atoms with Crippen molar-refractivity contribution in [2.75, 3.05) is 0 Å². The molecule has 2 atom stereocenters. The molecule has 2 unspecified atom stereocenters. The molecule has 3 rings (SSSR count). The van der Waals surface area contributed by atoms with E-state index in [2.05, 4.69) is 24.0 Å². The lowest BCUT2D eigenvalue weighted by atomic mass is 9.92. The SMILES string of the molecule is CC(c1ccccc1)C1C(=O)N=C2C=CC=CN21. The number of carbonyl (C=O) groups is 1. The van der Waals surface area contributed by atoms with Crippen molar-refractivity contribution in [1.29, 1.82) is 0 Å². The van der Waals surface area contributed by atoms with Crippen LogP contribution in [0.2, 0.25) is 0 Å². The van der Waals surface area contributed by atoms with E-state index < -0.39 is 0 Å². The van der Waals surface area contributed by atoms with Gasteiger partial charge in [0.2, 0.25) is 0 Å². The van der Waals surface area contributed by atoms with Gasteiger partial charge < -0.3 is 4.90 Å². The molecule has 2 heterocycles. The van der Waals surface area contributed by atoms with Crippen molar-refractivity contribution in [2.45, 2.75) is 18.9 Å². The maximum Gasteiger partial charge on any atom is 0.271 e. The lowest BCUT2D eigenvalue weighted by Gasteiger charge is -2.28. The van der Waals surface area contributed by atoms with Crippen LogP contribution in [-0.2, 0) is 4.79 Å². The van der Waals surface area contributed by atoms with Crippen molar-refractivity contribution < 1.29 is 4.79 Å². The Morgan fingerprint density at radius 3 is 2.78 bits per heavy atom. The molecule has 3 heteroatoms. The Morgan fingerprint density at radius 1 is 1.22 bits per heavy atom. The van der Waals surface area contributed by atoms with Gasteiger partial charge in [-0.2, -0.15) is 4.99 Å². The molecule has 0 aromatic heterocycles. The molecule has 0 fully saturated rings. The van der Waals surface area contributed by atoms with E-state index in [0.29, 0.717) is 0 Å². The Morgan fingerprint density at radius 2 is 2.00 bits per heavy atom. The molecule has 0 radical (unpaired) electrons. The number of benzene rings is 1. The summed E-state index contributed by atoms with van der Waals surface area (Å²) in [5.74, 6) is 0.809. The van der Waals surface area contributed by atoms with Gasteiger partial charge in [0.05, 0.1) is 0 Å². The fourth-order valence-corrected chi connectivity index (χ4v) is 2.47. The summed E-state index contributed by atoms with van der Waals surface area (Å²) < 4.78 is 0. The molecule has 0 spiro atoms. The molecule has 0 saturated carbocycles. The third-order valence-electron chi connectivity index (χ3n) is 3.44. The Kier molecular flexibility index (Phi) is 2.59. The molecule has 1 amide bonds. The first-order valence-electron chi connectivity index (χ1n) is 6.08. The van der Waals surface area contributed by atoms with E-state index in [0.717, 1.165) is 11.4 Å². The lowest BCUT2D eigenvalue weighted by molar-refractivity contribution is -0.120. The largest absolute Gasteiger partial charge is 0.320 e. The maximum atomic E-state index is 12.1. The monoisotopic (exact) mass is 238 g/mol. The van der Waals surface area contributed by atoms with Gasteiger partial charge in [-0.3, -0.25) is 4.79 Å². The van der Waals surface area contributed by atoms with E-state index in [-0.39, 0.29) is 17.9 Å². The predicted molar refractivity (Wildman–Crippen MR) is 71.2 cm³/mol. The zero-order chi connectivity index (χ0) is 12.5. The molecule has 1 aromatic carbocycles. The minimum atomic E-state index is -0.219. The highest BCUT2D eigenvalue weighted by molar-refractivity contribution is 6.10. The van der Waals surface area contributed by atoms with Gasteiger partial charge in [0, 0.05) is 12.1 Å². The van der Waals surface area contributed by atoms with Crippen LogP contribution in [0.1, 0.15) is 18.4 Å². The van der Waals surface area contributed by atoms with Crippen LogP contribution in [0, 0.1) is 0 Å². The molecule has 90 valence electrons. The third kappa shape index (κ3) is 1.68. The average molecular weight is 238 g/mol. The number of carbonyl (C=O) groups excluding carboxylic acids is 1. The van der Waals surface area contributed by atoms with Gasteiger partial charge in [-0.05, 0) is 17.7 Å². The number of fused-ring (bicyclic) bond motifs is 1. The van der Waals surface area contributed by atoms with Crippen LogP contribution < -0.4 is 0 Å². The van der Waals surface area contributed by atoms with Crippen molar-refractivity contribution in [1.82, 2.24) is 4.90 Å². The Labute approximate surface area is 106 Å². The maximum absolute atomic E-state index is 12.1. The Hall–Kier alpha value is -2.16. The second-order valence-corrected chi connectivity index (χ2v) is 4.56. The van der Waals surface area contributed by atoms with Crippen molar-refractivity contribution in [2.24, 2.45) is 4.99 Å². The van der Waals surface area contributed by atoms with E-state index in [4.69, 9.17) is 0 Å². The molecule has 2 aliphatic rings. The molecule has 3 nitrogen and oxygen atoms in total.